The normalized spacial score (nSPS) is 5.83. The quantitative estimate of drug-likeness (QED) is 0.163. The van der Waals surface area contributed by atoms with Crippen LogP contribution in [0.1, 0.15) is 138 Å². The molecule has 4 heterocycles. The van der Waals surface area contributed by atoms with Crippen molar-refractivity contribution in [1.82, 2.24) is 9.97 Å². The van der Waals surface area contributed by atoms with Crippen molar-refractivity contribution in [2.24, 2.45) is 0 Å². The zero-order chi connectivity index (χ0) is 38.4. The molecule has 0 fully saturated rings. The predicted octanol–water partition coefficient (Wildman–Crippen LogP) is 16.8. The van der Waals surface area contributed by atoms with Gasteiger partial charge in [-0.2, -0.15) is 11.3 Å². The number of nitrogens with zero attached hydrogens (tertiary/aromatic N) is 2. The highest BCUT2D eigenvalue weighted by molar-refractivity contribution is 7.07. The van der Waals surface area contributed by atoms with Crippen LogP contribution >= 0.6 is 22.7 Å². The number of oxazole rings is 1. The summed E-state index contributed by atoms with van der Waals surface area (Å²) in [6.07, 6.45) is 9.49. The van der Waals surface area contributed by atoms with Gasteiger partial charge in [-0.15, -0.1) is 11.3 Å². The molecule has 0 saturated carbocycles. The van der Waals surface area contributed by atoms with Gasteiger partial charge in [-0.1, -0.05) is 187 Å². The van der Waals surface area contributed by atoms with E-state index in [4.69, 9.17) is 0 Å². The summed E-state index contributed by atoms with van der Waals surface area (Å²) in [6, 6.07) is 19.7. The molecule has 274 valence electrons. The molecule has 6 heteroatoms. The molecule has 0 aliphatic rings. The zero-order valence-electron chi connectivity index (χ0n) is 34.1. The van der Waals surface area contributed by atoms with E-state index in [-0.39, 0.29) is 0 Å². The first-order valence-corrected chi connectivity index (χ1v) is 19.5. The van der Waals surface area contributed by atoms with Gasteiger partial charge < -0.3 is 8.83 Å². The molecule has 1 aromatic carbocycles. The number of rotatable bonds is 0. The van der Waals surface area contributed by atoms with Crippen molar-refractivity contribution in [3.8, 4) is 0 Å². The Balaban J connectivity index is -0.0000000389. The molecule has 0 saturated heterocycles. The second-order valence-electron chi connectivity index (χ2n) is 4.09. The molecule has 0 radical (unpaired) electrons. The lowest BCUT2D eigenvalue weighted by Gasteiger charge is -1.69. The first-order chi connectivity index (χ1) is 23.0. The van der Waals surface area contributed by atoms with Crippen LogP contribution < -0.4 is 0 Å². The molecule has 0 aliphatic carbocycles. The minimum Gasteiger partial charge on any atom is -0.473 e. The first-order valence-electron chi connectivity index (χ1n) is 17.6. The van der Waals surface area contributed by atoms with Crippen LogP contribution in [0.25, 0.3) is 0 Å². The van der Waals surface area contributed by atoms with Gasteiger partial charge in [0, 0.05) is 11.6 Å². The van der Waals surface area contributed by atoms with Gasteiger partial charge in [-0.25, -0.2) is 4.98 Å². The molecule has 4 nitrogen and oxygen atoms in total. The van der Waals surface area contributed by atoms with Crippen LogP contribution in [0.5, 0.6) is 0 Å². The number of furan rings is 1. The predicted molar refractivity (Wildman–Crippen MR) is 222 cm³/mol. The number of thiazole rings is 1. The van der Waals surface area contributed by atoms with Crippen molar-refractivity contribution < 1.29 is 8.83 Å². The minimum atomic E-state index is 1.38. The Morgan fingerprint density at radius 1 is 0.326 bits per heavy atom. The van der Waals surface area contributed by atoms with E-state index in [1.165, 1.54) is 12.7 Å². The van der Waals surface area contributed by atoms with Crippen LogP contribution in [0.3, 0.4) is 0 Å². The molecule has 4 aromatic heterocycles. The third kappa shape index (κ3) is 124. The fraction of sp³-hybridized carbons (Fsp3) is 0.500. The second kappa shape index (κ2) is 133. The van der Waals surface area contributed by atoms with E-state index in [0.717, 1.165) is 0 Å². The number of aromatic nitrogens is 2. The smallest absolute Gasteiger partial charge is 0.180 e. The third-order valence-electron chi connectivity index (χ3n) is 2.21. The Labute approximate surface area is 298 Å². The first kappa shape index (κ1) is 69.7. The van der Waals surface area contributed by atoms with Crippen molar-refractivity contribution in [2.75, 3.05) is 0 Å². The lowest BCUT2D eigenvalue weighted by molar-refractivity contribution is 0.558. The maximum absolute atomic E-state index is 4.58. The summed E-state index contributed by atoms with van der Waals surface area (Å²) < 4.78 is 9.06. The van der Waals surface area contributed by atoms with Crippen LogP contribution in [0.15, 0.2) is 129 Å². The van der Waals surface area contributed by atoms with Gasteiger partial charge in [-0.3, -0.25) is 4.98 Å². The fourth-order valence-corrected chi connectivity index (χ4v) is 1.99. The summed E-state index contributed by atoms with van der Waals surface area (Å²) in [4.78, 5) is 7.30. The van der Waals surface area contributed by atoms with E-state index in [1.807, 2.05) is 215 Å². The summed E-state index contributed by atoms with van der Waals surface area (Å²) >= 11 is 3.31. The van der Waals surface area contributed by atoms with E-state index in [9.17, 15) is 0 Å². The monoisotopic (exact) mass is 685 g/mol. The highest BCUT2D eigenvalue weighted by Gasteiger charge is 1.61. The van der Waals surface area contributed by atoms with Crippen molar-refractivity contribution in [1.29, 1.82) is 0 Å². The highest BCUT2D eigenvalue weighted by Crippen LogP contribution is 1.91. The number of hydrogen-bond donors (Lipinski definition) is 0. The molecule has 0 spiro atoms. The molecule has 0 aliphatic heterocycles. The molecule has 0 bridgehead atoms. The fourth-order valence-electron chi connectivity index (χ4n) is 1.19. The Morgan fingerprint density at radius 3 is 0.804 bits per heavy atom. The van der Waals surface area contributed by atoms with E-state index in [2.05, 4.69) is 18.8 Å². The average molecular weight is 685 g/mol. The largest absolute Gasteiger partial charge is 0.473 e. The van der Waals surface area contributed by atoms with Gasteiger partial charge in [0.05, 0.1) is 24.2 Å². The van der Waals surface area contributed by atoms with Crippen molar-refractivity contribution in [3.63, 3.8) is 0 Å². The van der Waals surface area contributed by atoms with Crippen LogP contribution in [0, 0.1) is 0 Å². The molecular weight excluding hydrogens is 605 g/mol. The SMILES string of the molecule is CC.CC.CC.CC.CC.CC.CC.CC.CC.CC.c1ccccc1.c1ccoc1.c1ccsc1.c1cocn1.c1cscn1. The molecule has 0 unspecified atom stereocenters. The maximum Gasteiger partial charge on any atom is 0.180 e. The Morgan fingerprint density at radius 2 is 0.696 bits per heavy atom. The molecule has 5 aromatic rings. The van der Waals surface area contributed by atoms with Gasteiger partial charge in [0.2, 0.25) is 0 Å². The standard InChI is InChI=1S/C6H6.C4H4O.C4H4S.C3H3NO.C3H3NS.10C2H6/c1-2-4-6-5-3-1;2*1-2-4-5-3-1;2*1-2-5-3-4-1;10*1-2/h1-6H;2*1-4H;2*1-3H;10*1-2H3. The van der Waals surface area contributed by atoms with E-state index in [1.54, 1.807) is 53.1 Å². The minimum absolute atomic E-state index is 1.38. The summed E-state index contributed by atoms with van der Waals surface area (Å²) in [6.45, 7) is 40.0. The molecular formula is C40H80N2O2S2. The van der Waals surface area contributed by atoms with Crippen LogP contribution in [0.4, 0.5) is 0 Å². The van der Waals surface area contributed by atoms with E-state index in [0.29, 0.717) is 0 Å². The lowest BCUT2D eigenvalue weighted by Crippen LogP contribution is -1.47. The molecule has 0 atom stereocenters. The molecule has 0 amide bonds. The van der Waals surface area contributed by atoms with Gasteiger partial charge >= 0.3 is 0 Å². The summed E-state index contributed by atoms with van der Waals surface area (Å²) in [7, 11) is 0. The second-order valence-corrected chi connectivity index (χ2v) is 5.66. The van der Waals surface area contributed by atoms with Crippen molar-refractivity contribution in [3.05, 3.63) is 120 Å². The van der Waals surface area contributed by atoms with E-state index < -0.39 is 0 Å². The molecule has 5 rings (SSSR count). The Hall–Kier alpha value is -2.96. The summed E-state index contributed by atoms with van der Waals surface area (Å²) in [5.41, 5.74) is 1.79. The maximum atomic E-state index is 4.58. The third-order valence-corrected chi connectivity index (χ3v) is 3.36. The van der Waals surface area contributed by atoms with Gasteiger partial charge in [-0.05, 0) is 22.9 Å². The van der Waals surface area contributed by atoms with Crippen molar-refractivity contribution in [2.45, 2.75) is 138 Å². The number of hydrogen-bond acceptors (Lipinski definition) is 6. The topological polar surface area (TPSA) is 52.1 Å². The number of thiophene rings is 1. The zero-order valence-corrected chi connectivity index (χ0v) is 35.7. The van der Waals surface area contributed by atoms with Crippen LogP contribution in [-0.4, -0.2) is 9.97 Å². The number of benzene rings is 1. The Bertz CT molecular complexity index is 545. The van der Waals surface area contributed by atoms with Gasteiger partial charge in [0.15, 0.2) is 6.39 Å². The average Bonchev–Trinajstić information content (AvgIpc) is 4.08. The summed E-state index contributed by atoms with van der Waals surface area (Å²) in [5, 5.41) is 6.01. The van der Waals surface area contributed by atoms with E-state index >= 15 is 0 Å². The van der Waals surface area contributed by atoms with Crippen LogP contribution in [-0.2, 0) is 0 Å². The van der Waals surface area contributed by atoms with Crippen molar-refractivity contribution >= 4 is 22.7 Å². The van der Waals surface area contributed by atoms with Crippen LogP contribution in [0.2, 0.25) is 0 Å². The highest BCUT2D eigenvalue weighted by atomic mass is 32.1. The van der Waals surface area contributed by atoms with Gasteiger partial charge in [0.25, 0.3) is 0 Å². The lowest BCUT2D eigenvalue weighted by atomic mass is 10.4. The molecule has 46 heavy (non-hydrogen) atoms. The van der Waals surface area contributed by atoms with Gasteiger partial charge in [0.1, 0.15) is 6.26 Å². The summed E-state index contributed by atoms with van der Waals surface area (Å²) in [5.74, 6) is 0. The molecule has 0 N–H and O–H groups in total. The Kier molecular flexibility index (Phi) is 202.